The lowest BCUT2D eigenvalue weighted by atomic mass is 9.90. The molecule has 1 aromatic carbocycles. The van der Waals surface area contributed by atoms with Crippen LogP contribution in [0.4, 0.5) is 4.39 Å². The smallest absolute Gasteiger partial charge is 0.123 e. The number of hydrogen-bond acceptors (Lipinski definition) is 2. The van der Waals surface area contributed by atoms with Crippen LogP contribution in [0.5, 0.6) is 0 Å². The molecule has 19 heavy (non-hydrogen) atoms. The molecular formula is C16H26FNO. The highest BCUT2D eigenvalue weighted by Crippen LogP contribution is 2.20. The number of aliphatic hydroxyl groups is 1. The van der Waals surface area contributed by atoms with E-state index in [1.807, 2.05) is 13.8 Å². The first-order valence-electron chi connectivity index (χ1n) is 6.81. The zero-order chi connectivity index (χ0) is 14.7. The fourth-order valence-electron chi connectivity index (χ4n) is 2.06. The van der Waals surface area contributed by atoms with Gasteiger partial charge in [-0.05, 0) is 70.8 Å². The van der Waals surface area contributed by atoms with E-state index in [2.05, 4.69) is 26.1 Å². The SMILES string of the molecule is Cc1cc(F)ccc1CC(C)(O)CCNC(C)(C)C. The molecular weight excluding hydrogens is 241 g/mol. The van der Waals surface area contributed by atoms with Crippen molar-refractivity contribution in [2.45, 2.75) is 58.6 Å². The second kappa shape index (κ2) is 6.02. The van der Waals surface area contributed by atoms with Crippen molar-refractivity contribution in [2.24, 2.45) is 0 Å². The molecule has 1 rings (SSSR count). The van der Waals surface area contributed by atoms with E-state index in [0.29, 0.717) is 12.8 Å². The lowest BCUT2D eigenvalue weighted by Gasteiger charge is -2.27. The van der Waals surface area contributed by atoms with Gasteiger partial charge in [0.05, 0.1) is 5.60 Å². The molecule has 0 saturated carbocycles. The number of rotatable bonds is 5. The molecule has 2 N–H and O–H groups in total. The Morgan fingerprint density at radius 1 is 1.21 bits per heavy atom. The first kappa shape index (κ1) is 16.1. The minimum absolute atomic E-state index is 0.0574. The van der Waals surface area contributed by atoms with Gasteiger partial charge in [0.15, 0.2) is 0 Å². The topological polar surface area (TPSA) is 32.3 Å². The van der Waals surface area contributed by atoms with Crippen LogP contribution < -0.4 is 5.32 Å². The van der Waals surface area contributed by atoms with Crippen LogP contribution in [-0.4, -0.2) is 22.8 Å². The highest BCUT2D eigenvalue weighted by atomic mass is 19.1. The summed E-state index contributed by atoms with van der Waals surface area (Å²) in [5.41, 5.74) is 1.18. The van der Waals surface area contributed by atoms with Crippen LogP contribution in [0.2, 0.25) is 0 Å². The normalized spacial score (nSPS) is 15.3. The number of hydrogen-bond donors (Lipinski definition) is 2. The summed E-state index contributed by atoms with van der Waals surface area (Å²) in [6.45, 7) is 10.8. The molecule has 0 aliphatic carbocycles. The van der Waals surface area contributed by atoms with Gasteiger partial charge < -0.3 is 10.4 Å². The summed E-state index contributed by atoms with van der Waals surface area (Å²) in [6.07, 6.45) is 1.21. The van der Waals surface area contributed by atoms with Crippen molar-refractivity contribution in [3.63, 3.8) is 0 Å². The monoisotopic (exact) mass is 267 g/mol. The average Bonchev–Trinajstić information content (AvgIpc) is 2.20. The van der Waals surface area contributed by atoms with Gasteiger partial charge in [-0.3, -0.25) is 0 Å². The third-order valence-corrected chi connectivity index (χ3v) is 3.19. The predicted molar refractivity (Wildman–Crippen MR) is 77.8 cm³/mol. The number of benzene rings is 1. The summed E-state index contributed by atoms with van der Waals surface area (Å²) < 4.78 is 13.0. The van der Waals surface area contributed by atoms with E-state index in [-0.39, 0.29) is 11.4 Å². The quantitative estimate of drug-likeness (QED) is 0.858. The molecule has 3 heteroatoms. The Morgan fingerprint density at radius 3 is 2.37 bits per heavy atom. The Hall–Kier alpha value is -0.930. The molecule has 1 unspecified atom stereocenters. The molecule has 1 atom stereocenters. The highest BCUT2D eigenvalue weighted by molar-refractivity contribution is 5.27. The molecule has 2 nitrogen and oxygen atoms in total. The van der Waals surface area contributed by atoms with E-state index in [0.717, 1.165) is 17.7 Å². The maximum absolute atomic E-state index is 13.0. The van der Waals surface area contributed by atoms with Gasteiger partial charge in [0.1, 0.15) is 5.82 Å². The zero-order valence-electron chi connectivity index (χ0n) is 12.7. The third kappa shape index (κ3) is 6.17. The molecule has 0 amide bonds. The van der Waals surface area contributed by atoms with Crippen molar-refractivity contribution in [1.29, 1.82) is 0 Å². The Labute approximate surface area is 116 Å². The summed E-state index contributed by atoms with van der Waals surface area (Å²) in [7, 11) is 0. The van der Waals surface area contributed by atoms with E-state index in [9.17, 15) is 9.50 Å². The maximum atomic E-state index is 13.0. The molecule has 0 fully saturated rings. The van der Waals surface area contributed by atoms with E-state index < -0.39 is 5.60 Å². The molecule has 0 saturated heterocycles. The van der Waals surface area contributed by atoms with Crippen LogP contribution in [-0.2, 0) is 6.42 Å². The van der Waals surface area contributed by atoms with Crippen molar-refractivity contribution in [1.82, 2.24) is 5.32 Å². The molecule has 0 aromatic heterocycles. The lowest BCUT2D eigenvalue weighted by molar-refractivity contribution is 0.0498. The van der Waals surface area contributed by atoms with Crippen molar-refractivity contribution >= 4 is 0 Å². The van der Waals surface area contributed by atoms with Crippen LogP contribution in [0.1, 0.15) is 45.2 Å². The first-order valence-corrected chi connectivity index (χ1v) is 6.81. The third-order valence-electron chi connectivity index (χ3n) is 3.19. The van der Waals surface area contributed by atoms with Gasteiger partial charge in [0, 0.05) is 12.0 Å². The fourth-order valence-corrected chi connectivity index (χ4v) is 2.06. The minimum atomic E-state index is -0.777. The highest BCUT2D eigenvalue weighted by Gasteiger charge is 2.22. The summed E-state index contributed by atoms with van der Waals surface area (Å²) in [6, 6.07) is 4.72. The molecule has 1 aromatic rings. The van der Waals surface area contributed by atoms with Gasteiger partial charge in [0.25, 0.3) is 0 Å². The first-order chi connectivity index (χ1) is 8.59. The van der Waals surface area contributed by atoms with Crippen LogP contribution in [0, 0.1) is 12.7 Å². The Bertz CT molecular complexity index is 421. The molecule has 0 spiro atoms. The molecule has 0 aliphatic rings. The molecule has 0 aliphatic heterocycles. The second-order valence-electron chi connectivity index (χ2n) is 6.67. The Balaban J connectivity index is 2.58. The van der Waals surface area contributed by atoms with Gasteiger partial charge >= 0.3 is 0 Å². The Kier molecular flexibility index (Phi) is 5.11. The lowest BCUT2D eigenvalue weighted by Crippen LogP contribution is -2.40. The second-order valence-corrected chi connectivity index (χ2v) is 6.67. The molecule has 108 valence electrons. The van der Waals surface area contributed by atoms with Crippen molar-refractivity contribution in [3.05, 3.63) is 35.1 Å². The predicted octanol–water partition coefficient (Wildman–Crippen LogP) is 3.21. The summed E-state index contributed by atoms with van der Waals surface area (Å²) >= 11 is 0. The van der Waals surface area contributed by atoms with Gasteiger partial charge in [-0.15, -0.1) is 0 Å². The van der Waals surface area contributed by atoms with E-state index >= 15 is 0 Å². The standard InChI is InChI=1S/C16H26FNO/c1-12-10-14(17)7-6-13(12)11-16(5,19)8-9-18-15(2,3)4/h6-7,10,18-19H,8-9,11H2,1-5H3. The van der Waals surface area contributed by atoms with E-state index in [4.69, 9.17) is 0 Å². The molecule has 0 radical (unpaired) electrons. The van der Waals surface area contributed by atoms with Gasteiger partial charge in [-0.25, -0.2) is 4.39 Å². The average molecular weight is 267 g/mol. The summed E-state index contributed by atoms with van der Waals surface area (Å²) in [5, 5.41) is 13.8. The maximum Gasteiger partial charge on any atom is 0.123 e. The van der Waals surface area contributed by atoms with Crippen LogP contribution in [0.25, 0.3) is 0 Å². The zero-order valence-corrected chi connectivity index (χ0v) is 12.7. The fraction of sp³-hybridized carbons (Fsp3) is 0.625. The van der Waals surface area contributed by atoms with Crippen molar-refractivity contribution < 1.29 is 9.50 Å². The van der Waals surface area contributed by atoms with Crippen LogP contribution in [0.15, 0.2) is 18.2 Å². The van der Waals surface area contributed by atoms with Gasteiger partial charge in [-0.1, -0.05) is 6.07 Å². The Morgan fingerprint density at radius 2 is 1.84 bits per heavy atom. The van der Waals surface area contributed by atoms with Gasteiger partial charge in [-0.2, -0.15) is 0 Å². The number of aryl methyl sites for hydroxylation is 1. The van der Waals surface area contributed by atoms with E-state index in [1.54, 1.807) is 6.07 Å². The van der Waals surface area contributed by atoms with Gasteiger partial charge in [0.2, 0.25) is 0 Å². The van der Waals surface area contributed by atoms with E-state index in [1.165, 1.54) is 12.1 Å². The summed E-state index contributed by atoms with van der Waals surface area (Å²) in [4.78, 5) is 0. The van der Waals surface area contributed by atoms with Crippen molar-refractivity contribution in [2.75, 3.05) is 6.54 Å². The number of nitrogens with one attached hydrogen (secondary N) is 1. The summed E-state index contributed by atoms with van der Waals surface area (Å²) in [5.74, 6) is -0.227. The van der Waals surface area contributed by atoms with Crippen LogP contribution in [0.3, 0.4) is 0 Å². The van der Waals surface area contributed by atoms with Crippen LogP contribution >= 0.6 is 0 Å². The number of halogens is 1. The molecule has 0 bridgehead atoms. The molecule has 0 heterocycles. The largest absolute Gasteiger partial charge is 0.390 e. The minimum Gasteiger partial charge on any atom is -0.390 e. The van der Waals surface area contributed by atoms with Crippen molar-refractivity contribution in [3.8, 4) is 0 Å².